The fraction of sp³-hybridized carbons (Fsp3) is 0.235. The summed E-state index contributed by atoms with van der Waals surface area (Å²) < 4.78 is 9.45. The normalized spacial score (nSPS) is 11.2. The standard InChI is InChI=1S/C34H36N8O5/c1-5-41-29(18-23(4)39-41)33(44)38-34-37-26-19-25(32(35)43)12-13-27(26)40(34)15-7-6-14-36-31-28(42(45)46)16-22(3)17-30(31)47-20-24-10-8-21(2)9-11-24/h6-13,16-19,36H,5,14-15,20H2,1-4H3,(H2,35,43)(H,37,38,44)/b7-6+. The number of imidazole rings is 1. The van der Waals surface area contributed by atoms with Crippen molar-refractivity contribution < 1.29 is 19.2 Å². The second kappa shape index (κ2) is 14.0. The average molecular weight is 637 g/mol. The number of hydrogen-bond acceptors (Lipinski definition) is 8. The van der Waals surface area contributed by atoms with Crippen LogP contribution in [-0.2, 0) is 19.7 Å². The van der Waals surface area contributed by atoms with Gasteiger partial charge in [-0.15, -0.1) is 0 Å². The molecule has 13 nitrogen and oxygen atoms in total. The van der Waals surface area contributed by atoms with E-state index in [1.54, 1.807) is 46.5 Å². The number of nitro benzene ring substituents is 1. The van der Waals surface area contributed by atoms with Crippen LogP contribution >= 0.6 is 0 Å². The van der Waals surface area contributed by atoms with Crippen molar-refractivity contribution in [1.82, 2.24) is 19.3 Å². The third-order valence-corrected chi connectivity index (χ3v) is 7.48. The number of aryl methyl sites for hydroxylation is 4. The summed E-state index contributed by atoms with van der Waals surface area (Å²) in [6.45, 7) is 8.81. The molecule has 2 aromatic heterocycles. The van der Waals surface area contributed by atoms with Crippen LogP contribution in [0.1, 0.15) is 50.2 Å². The molecule has 0 spiro atoms. The molecule has 0 aliphatic carbocycles. The first-order chi connectivity index (χ1) is 22.5. The average Bonchev–Trinajstić information content (AvgIpc) is 3.59. The van der Waals surface area contributed by atoms with Gasteiger partial charge in [-0.1, -0.05) is 42.0 Å². The third kappa shape index (κ3) is 7.47. The zero-order valence-electron chi connectivity index (χ0n) is 26.6. The van der Waals surface area contributed by atoms with Crippen LogP contribution in [0.5, 0.6) is 5.75 Å². The highest BCUT2D eigenvalue weighted by Gasteiger charge is 2.21. The Morgan fingerprint density at radius 3 is 2.49 bits per heavy atom. The number of fused-ring (bicyclic) bond motifs is 1. The number of nitrogens with one attached hydrogen (secondary N) is 2. The highest BCUT2D eigenvalue weighted by Crippen LogP contribution is 2.36. The van der Waals surface area contributed by atoms with Gasteiger partial charge in [0.2, 0.25) is 11.9 Å². The maximum Gasteiger partial charge on any atom is 0.296 e. The van der Waals surface area contributed by atoms with Crippen molar-refractivity contribution in [1.29, 1.82) is 0 Å². The molecule has 242 valence electrons. The largest absolute Gasteiger partial charge is 0.486 e. The fourth-order valence-electron chi connectivity index (χ4n) is 5.14. The maximum atomic E-state index is 13.3. The molecule has 2 amide bonds. The van der Waals surface area contributed by atoms with E-state index in [0.29, 0.717) is 52.4 Å². The topological polar surface area (TPSA) is 172 Å². The molecular formula is C34H36N8O5. The van der Waals surface area contributed by atoms with Crippen LogP contribution in [0, 0.1) is 30.9 Å². The molecule has 4 N–H and O–H groups in total. The minimum atomic E-state index is -0.590. The molecule has 3 aromatic carbocycles. The molecule has 0 aliphatic rings. The summed E-state index contributed by atoms with van der Waals surface area (Å²) in [7, 11) is 0. The molecule has 0 radical (unpaired) electrons. The Morgan fingerprint density at radius 1 is 1.02 bits per heavy atom. The Morgan fingerprint density at radius 2 is 1.79 bits per heavy atom. The summed E-state index contributed by atoms with van der Waals surface area (Å²) in [6.07, 6.45) is 3.66. The minimum Gasteiger partial charge on any atom is -0.486 e. The number of nitrogens with zero attached hydrogens (tertiary/aromatic N) is 5. The molecule has 0 aliphatic heterocycles. The number of hydrogen-bond donors (Lipinski definition) is 3. The molecule has 0 saturated carbocycles. The van der Waals surface area contributed by atoms with Gasteiger partial charge in [-0.2, -0.15) is 5.10 Å². The van der Waals surface area contributed by atoms with Crippen LogP contribution in [-0.4, -0.2) is 42.6 Å². The highest BCUT2D eigenvalue weighted by molar-refractivity contribution is 6.03. The molecule has 47 heavy (non-hydrogen) atoms. The first-order valence-electron chi connectivity index (χ1n) is 15.1. The fourth-order valence-corrected chi connectivity index (χ4v) is 5.14. The quantitative estimate of drug-likeness (QED) is 0.0841. The van der Waals surface area contributed by atoms with E-state index in [4.69, 9.17) is 10.5 Å². The smallest absolute Gasteiger partial charge is 0.296 e. The van der Waals surface area contributed by atoms with E-state index < -0.39 is 10.8 Å². The molecule has 13 heteroatoms. The number of anilines is 2. The Bertz CT molecular complexity index is 1990. The Balaban J connectivity index is 1.36. The van der Waals surface area contributed by atoms with Crippen LogP contribution in [0.3, 0.4) is 0 Å². The van der Waals surface area contributed by atoms with E-state index in [0.717, 1.165) is 11.1 Å². The summed E-state index contributed by atoms with van der Waals surface area (Å²) in [5.41, 5.74) is 11.0. The van der Waals surface area contributed by atoms with Crippen molar-refractivity contribution in [3.05, 3.63) is 117 Å². The number of benzene rings is 3. The number of aromatic nitrogens is 4. The zero-order valence-corrected chi connectivity index (χ0v) is 26.6. The number of carbonyl (C=O) groups excluding carboxylic acids is 2. The summed E-state index contributed by atoms with van der Waals surface area (Å²) in [5, 5.41) is 22.3. The SMILES string of the molecule is CCn1nc(C)cc1C(=O)Nc1nc2cc(C(N)=O)ccc2n1C/C=C/CNc1c(OCc2ccc(C)cc2)cc(C)cc1[N+](=O)[O-]. The van der Waals surface area contributed by atoms with E-state index in [2.05, 4.69) is 20.7 Å². The van der Waals surface area contributed by atoms with Gasteiger partial charge in [-0.3, -0.25) is 29.7 Å². The number of rotatable bonds is 13. The number of primary amides is 1. The summed E-state index contributed by atoms with van der Waals surface area (Å²) in [5.74, 6) is -0.322. The Hall–Kier alpha value is -5.98. The van der Waals surface area contributed by atoms with Gasteiger partial charge in [0, 0.05) is 31.3 Å². The van der Waals surface area contributed by atoms with Gasteiger partial charge in [0.1, 0.15) is 18.1 Å². The summed E-state index contributed by atoms with van der Waals surface area (Å²) >= 11 is 0. The molecule has 5 rings (SSSR count). The van der Waals surface area contributed by atoms with Gasteiger partial charge in [-0.05, 0) is 69.2 Å². The summed E-state index contributed by atoms with van der Waals surface area (Å²) in [4.78, 5) is 41.2. The predicted octanol–water partition coefficient (Wildman–Crippen LogP) is 5.68. The lowest BCUT2D eigenvalue weighted by Crippen LogP contribution is -2.19. The number of amides is 2. The highest BCUT2D eigenvalue weighted by atomic mass is 16.6. The van der Waals surface area contributed by atoms with Crippen LogP contribution in [0.15, 0.2) is 72.8 Å². The van der Waals surface area contributed by atoms with Gasteiger partial charge in [-0.25, -0.2) is 4.98 Å². The Kier molecular flexibility index (Phi) is 9.64. The molecule has 0 fully saturated rings. The monoisotopic (exact) mass is 636 g/mol. The van der Waals surface area contributed by atoms with Gasteiger partial charge in [0.05, 0.1) is 21.7 Å². The van der Waals surface area contributed by atoms with Crippen LogP contribution in [0.2, 0.25) is 0 Å². The van der Waals surface area contributed by atoms with Gasteiger partial charge < -0.3 is 20.4 Å². The number of nitro groups is 1. The third-order valence-electron chi connectivity index (χ3n) is 7.48. The lowest BCUT2D eigenvalue weighted by atomic mass is 10.1. The van der Waals surface area contributed by atoms with Crippen LogP contribution in [0.25, 0.3) is 11.0 Å². The molecule has 2 heterocycles. The molecule has 0 bridgehead atoms. The van der Waals surface area contributed by atoms with Crippen molar-refractivity contribution in [2.75, 3.05) is 17.2 Å². The summed E-state index contributed by atoms with van der Waals surface area (Å²) in [6, 6.07) is 17.8. The van der Waals surface area contributed by atoms with Gasteiger partial charge in [0.25, 0.3) is 11.6 Å². The van der Waals surface area contributed by atoms with Crippen molar-refractivity contribution in [3.63, 3.8) is 0 Å². The number of allylic oxidation sites excluding steroid dienone is 1. The molecule has 0 saturated heterocycles. The Labute approximate surface area is 271 Å². The first-order valence-corrected chi connectivity index (χ1v) is 15.1. The number of carbonyl (C=O) groups is 2. The van der Waals surface area contributed by atoms with Crippen molar-refractivity contribution in [2.45, 2.75) is 47.4 Å². The van der Waals surface area contributed by atoms with Crippen molar-refractivity contribution in [2.24, 2.45) is 5.73 Å². The van der Waals surface area contributed by atoms with E-state index >= 15 is 0 Å². The first kappa shape index (κ1) is 32.4. The van der Waals surface area contributed by atoms with Crippen LogP contribution < -0.4 is 21.1 Å². The zero-order chi connectivity index (χ0) is 33.7. The van der Waals surface area contributed by atoms with Gasteiger partial charge >= 0.3 is 0 Å². The van der Waals surface area contributed by atoms with E-state index in [-0.39, 0.29) is 36.4 Å². The van der Waals surface area contributed by atoms with E-state index in [1.807, 2.05) is 57.2 Å². The van der Waals surface area contributed by atoms with E-state index in [1.165, 1.54) is 6.07 Å². The lowest BCUT2D eigenvalue weighted by Gasteiger charge is -2.14. The van der Waals surface area contributed by atoms with E-state index in [9.17, 15) is 19.7 Å². The second-order valence-electron chi connectivity index (χ2n) is 11.1. The lowest BCUT2D eigenvalue weighted by molar-refractivity contribution is -0.384. The second-order valence-corrected chi connectivity index (χ2v) is 11.1. The van der Waals surface area contributed by atoms with Gasteiger partial charge in [0.15, 0.2) is 5.69 Å². The van der Waals surface area contributed by atoms with Crippen molar-refractivity contribution in [3.8, 4) is 5.75 Å². The molecule has 0 unspecified atom stereocenters. The minimum absolute atomic E-state index is 0.0882. The predicted molar refractivity (Wildman–Crippen MR) is 180 cm³/mol. The molecular weight excluding hydrogens is 600 g/mol. The number of nitrogens with two attached hydrogens (primary N) is 1. The van der Waals surface area contributed by atoms with Crippen LogP contribution in [0.4, 0.5) is 17.3 Å². The number of ether oxygens (including phenoxy) is 1. The van der Waals surface area contributed by atoms with Crippen molar-refractivity contribution >= 4 is 40.2 Å². The molecule has 5 aromatic rings. The molecule has 0 atom stereocenters. The maximum absolute atomic E-state index is 13.3.